The molecule has 2 rings (SSSR count). The number of anilines is 1. The summed E-state index contributed by atoms with van der Waals surface area (Å²) in [5.41, 5.74) is 1.10. The van der Waals surface area contributed by atoms with Crippen LogP contribution in [-0.4, -0.2) is 12.5 Å². The molecule has 0 saturated carbocycles. The van der Waals surface area contributed by atoms with Crippen molar-refractivity contribution in [3.05, 3.63) is 58.1 Å². The second-order valence-corrected chi connectivity index (χ2v) is 5.61. The van der Waals surface area contributed by atoms with E-state index in [2.05, 4.69) is 12.2 Å². The Bertz CT molecular complexity index is 621. The first-order valence-corrected chi connectivity index (χ1v) is 7.85. The third-order valence-electron chi connectivity index (χ3n) is 3.04. The fraction of sp³-hybridized carbons (Fsp3) is 0.235. The molecular formula is C17H17Cl2NO2. The first kappa shape index (κ1) is 16.7. The van der Waals surface area contributed by atoms with Crippen LogP contribution in [-0.2, 0) is 0 Å². The fourth-order valence-electron chi connectivity index (χ4n) is 1.87. The minimum atomic E-state index is -0.268. The Kier molecular flexibility index (Phi) is 6.10. The number of ether oxygens (including phenoxy) is 1. The third kappa shape index (κ3) is 4.39. The molecule has 1 N–H and O–H groups in total. The van der Waals surface area contributed by atoms with E-state index in [-0.39, 0.29) is 5.91 Å². The van der Waals surface area contributed by atoms with Gasteiger partial charge in [-0.1, -0.05) is 54.7 Å². The molecule has 0 atom stereocenters. The molecule has 22 heavy (non-hydrogen) atoms. The lowest BCUT2D eigenvalue weighted by molar-refractivity contribution is 0.102. The van der Waals surface area contributed by atoms with Gasteiger partial charge in [-0.2, -0.15) is 0 Å². The number of rotatable bonds is 6. The Balaban J connectivity index is 2.13. The van der Waals surface area contributed by atoms with Gasteiger partial charge >= 0.3 is 0 Å². The Morgan fingerprint density at radius 2 is 1.77 bits per heavy atom. The van der Waals surface area contributed by atoms with E-state index >= 15 is 0 Å². The maximum atomic E-state index is 12.2. The molecule has 0 saturated heterocycles. The van der Waals surface area contributed by atoms with E-state index in [9.17, 15) is 4.79 Å². The minimum Gasteiger partial charge on any atom is -0.490 e. The van der Waals surface area contributed by atoms with Crippen molar-refractivity contribution in [1.82, 2.24) is 0 Å². The molecule has 1 amide bonds. The quantitative estimate of drug-likeness (QED) is 0.714. The van der Waals surface area contributed by atoms with Gasteiger partial charge in [0.25, 0.3) is 5.91 Å². The number of hydrogen-bond donors (Lipinski definition) is 1. The van der Waals surface area contributed by atoms with Crippen LogP contribution in [0.3, 0.4) is 0 Å². The van der Waals surface area contributed by atoms with E-state index in [4.69, 9.17) is 27.9 Å². The first-order chi connectivity index (χ1) is 10.6. The topological polar surface area (TPSA) is 38.3 Å². The van der Waals surface area contributed by atoms with E-state index in [0.29, 0.717) is 33.7 Å². The van der Waals surface area contributed by atoms with Gasteiger partial charge in [0, 0.05) is 11.3 Å². The maximum absolute atomic E-state index is 12.2. The van der Waals surface area contributed by atoms with Gasteiger partial charge in [-0.3, -0.25) is 4.79 Å². The van der Waals surface area contributed by atoms with E-state index in [0.717, 1.165) is 12.8 Å². The molecule has 116 valence electrons. The van der Waals surface area contributed by atoms with Crippen LogP contribution in [0.2, 0.25) is 10.0 Å². The molecule has 5 heteroatoms. The molecule has 0 aliphatic carbocycles. The lowest BCUT2D eigenvalue weighted by Gasteiger charge is -2.12. The second-order valence-electron chi connectivity index (χ2n) is 4.79. The van der Waals surface area contributed by atoms with Crippen LogP contribution in [0.4, 0.5) is 5.69 Å². The minimum absolute atomic E-state index is 0.268. The van der Waals surface area contributed by atoms with Crippen molar-refractivity contribution in [2.75, 3.05) is 11.9 Å². The summed E-state index contributed by atoms with van der Waals surface area (Å²) in [5.74, 6) is 0.156. The van der Waals surface area contributed by atoms with Crippen LogP contribution in [0.1, 0.15) is 30.1 Å². The number of carbonyl (C=O) groups excluding carboxylic acids is 1. The van der Waals surface area contributed by atoms with Crippen molar-refractivity contribution in [3.8, 4) is 5.75 Å². The predicted octanol–water partition coefficient (Wildman–Crippen LogP) is 5.42. The van der Waals surface area contributed by atoms with Gasteiger partial charge in [-0.25, -0.2) is 0 Å². The number of halogens is 2. The molecule has 0 bridgehead atoms. The van der Waals surface area contributed by atoms with Gasteiger partial charge in [0.2, 0.25) is 0 Å². The molecule has 0 radical (unpaired) electrons. The Morgan fingerprint density at radius 3 is 2.36 bits per heavy atom. The summed E-state index contributed by atoms with van der Waals surface area (Å²) in [5, 5.41) is 3.46. The predicted molar refractivity (Wildman–Crippen MR) is 91.3 cm³/mol. The van der Waals surface area contributed by atoms with Crippen LogP contribution in [0.15, 0.2) is 42.5 Å². The molecule has 2 aromatic rings. The average Bonchev–Trinajstić information content (AvgIpc) is 2.51. The fourth-order valence-corrected chi connectivity index (χ4v) is 2.47. The van der Waals surface area contributed by atoms with Gasteiger partial charge in [-0.05, 0) is 30.7 Å². The van der Waals surface area contributed by atoms with Crippen LogP contribution in [0, 0.1) is 0 Å². The van der Waals surface area contributed by atoms with Crippen molar-refractivity contribution in [2.45, 2.75) is 19.8 Å². The summed E-state index contributed by atoms with van der Waals surface area (Å²) in [4.78, 5) is 12.2. The summed E-state index contributed by atoms with van der Waals surface area (Å²) in [6, 6.07) is 12.3. The largest absolute Gasteiger partial charge is 0.490 e. The molecule has 0 aliphatic rings. The van der Waals surface area contributed by atoms with Crippen LogP contribution < -0.4 is 10.1 Å². The van der Waals surface area contributed by atoms with E-state index in [1.54, 1.807) is 12.1 Å². The highest BCUT2D eigenvalue weighted by Gasteiger charge is 2.14. The molecule has 0 heterocycles. The summed E-state index contributed by atoms with van der Waals surface area (Å²) in [6.45, 7) is 2.62. The number of nitrogens with one attached hydrogen (secondary N) is 1. The monoisotopic (exact) mass is 337 g/mol. The van der Waals surface area contributed by atoms with Gasteiger partial charge < -0.3 is 10.1 Å². The van der Waals surface area contributed by atoms with Crippen LogP contribution in [0.5, 0.6) is 5.75 Å². The number of para-hydroxylation sites is 1. The van der Waals surface area contributed by atoms with Gasteiger partial charge in [0.05, 0.1) is 16.7 Å². The van der Waals surface area contributed by atoms with Crippen molar-refractivity contribution in [3.63, 3.8) is 0 Å². The molecule has 0 fully saturated rings. The molecule has 2 aromatic carbocycles. The van der Waals surface area contributed by atoms with E-state index in [1.807, 2.05) is 30.3 Å². The average molecular weight is 338 g/mol. The standard InChI is InChI=1S/C17H17Cl2NO2/c1-2-3-9-22-16-14(18)10-12(11-15(16)19)17(21)20-13-7-5-4-6-8-13/h4-8,10-11H,2-3,9H2,1H3,(H,20,21). The van der Waals surface area contributed by atoms with Crippen molar-refractivity contribution in [1.29, 1.82) is 0 Å². The highest BCUT2D eigenvalue weighted by atomic mass is 35.5. The Labute approximate surface area is 140 Å². The molecule has 0 unspecified atom stereocenters. The van der Waals surface area contributed by atoms with E-state index in [1.165, 1.54) is 0 Å². The normalized spacial score (nSPS) is 10.3. The smallest absolute Gasteiger partial charge is 0.255 e. The molecular weight excluding hydrogens is 321 g/mol. The zero-order chi connectivity index (χ0) is 15.9. The van der Waals surface area contributed by atoms with E-state index < -0.39 is 0 Å². The van der Waals surface area contributed by atoms with Crippen LogP contribution >= 0.6 is 23.2 Å². The van der Waals surface area contributed by atoms with Crippen molar-refractivity contribution < 1.29 is 9.53 Å². The molecule has 0 aliphatic heterocycles. The van der Waals surface area contributed by atoms with Crippen LogP contribution in [0.25, 0.3) is 0 Å². The number of benzene rings is 2. The van der Waals surface area contributed by atoms with Crippen molar-refractivity contribution >= 4 is 34.8 Å². The number of unbranched alkanes of at least 4 members (excludes halogenated alkanes) is 1. The van der Waals surface area contributed by atoms with Gasteiger partial charge in [0.1, 0.15) is 0 Å². The SMILES string of the molecule is CCCCOc1c(Cl)cc(C(=O)Nc2ccccc2)cc1Cl. The van der Waals surface area contributed by atoms with Crippen molar-refractivity contribution in [2.24, 2.45) is 0 Å². The number of amides is 1. The Hall–Kier alpha value is -1.71. The Morgan fingerprint density at radius 1 is 1.14 bits per heavy atom. The lowest BCUT2D eigenvalue weighted by atomic mass is 10.2. The summed E-state index contributed by atoms with van der Waals surface area (Å²) < 4.78 is 5.57. The number of hydrogen-bond acceptors (Lipinski definition) is 2. The molecule has 3 nitrogen and oxygen atoms in total. The molecule has 0 spiro atoms. The van der Waals surface area contributed by atoms with Gasteiger partial charge in [-0.15, -0.1) is 0 Å². The first-order valence-electron chi connectivity index (χ1n) is 7.10. The van der Waals surface area contributed by atoms with Gasteiger partial charge in [0.15, 0.2) is 5.75 Å². The summed E-state index contributed by atoms with van der Waals surface area (Å²) in [6.07, 6.45) is 1.94. The molecule has 0 aromatic heterocycles. The summed E-state index contributed by atoms with van der Waals surface area (Å²) in [7, 11) is 0. The maximum Gasteiger partial charge on any atom is 0.255 e. The second kappa shape index (κ2) is 8.06. The number of carbonyl (C=O) groups is 1. The highest BCUT2D eigenvalue weighted by molar-refractivity contribution is 6.37. The lowest BCUT2D eigenvalue weighted by Crippen LogP contribution is -2.12. The zero-order valence-corrected chi connectivity index (χ0v) is 13.7. The third-order valence-corrected chi connectivity index (χ3v) is 3.60. The highest BCUT2D eigenvalue weighted by Crippen LogP contribution is 2.34. The zero-order valence-electron chi connectivity index (χ0n) is 12.2. The summed E-state index contributed by atoms with van der Waals surface area (Å²) >= 11 is 12.3.